The SMILES string of the molecule is CCc1cc(C(F)(F)F)cnc1NCc1cccc(-c2ccc(OCc3ccc(F)cc3C(=O)O)cc2)c1. The summed E-state index contributed by atoms with van der Waals surface area (Å²) in [7, 11) is 0. The second-order valence-electron chi connectivity index (χ2n) is 8.56. The van der Waals surface area contributed by atoms with Crippen LogP contribution in [0.1, 0.15) is 39.5 Å². The van der Waals surface area contributed by atoms with Crippen molar-refractivity contribution in [3.05, 3.63) is 113 Å². The fraction of sp³-hybridized carbons (Fsp3) is 0.172. The molecule has 0 atom stereocenters. The van der Waals surface area contributed by atoms with E-state index in [0.717, 1.165) is 35.0 Å². The Balaban J connectivity index is 1.42. The van der Waals surface area contributed by atoms with Gasteiger partial charge in [0.25, 0.3) is 0 Å². The fourth-order valence-electron chi connectivity index (χ4n) is 3.92. The van der Waals surface area contributed by atoms with Crippen LogP contribution >= 0.6 is 0 Å². The minimum absolute atomic E-state index is 0.0276. The first kappa shape index (κ1) is 26.7. The van der Waals surface area contributed by atoms with Crippen molar-refractivity contribution in [2.45, 2.75) is 32.7 Å². The zero-order valence-corrected chi connectivity index (χ0v) is 20.3. The van der Waals surface area contributed by atoms with Gasteiger partial charge in [0.15, 0.2) is 0 Å². The summed E-state index contributed by atoms with van der Waals surface area (Å²) in [4.78, 5) is 15.3. The molecule has 0 bridgehead atoms. The molecule has 1 heterocycles. The van der Waals surface area contributed by atoms with Gasteiger partial charge in [-0.05, 0) is 65.1 Å². The molecular formula is C29H24F4N2O3. The molecule has 0 saturated carbocycles. The molecule has 9 heteroatoms. The lowest BCUT2D eigenvalue weighted by molar-refractivity contribution is -0.137. The molecule has 5 nitrogen and oxygen atoms in total. The maximum atomic E-state index is 13.4. The lowest BCUT2D eigenvalue weighted by Gasteiger charge is -2.14. The van der Waals surface area contributed by atoms with E-state index in [1.807, 2.05) is 36.4 Å². The van der Waals surface area contributed by atoms with Gasteiger partial charge in [-0.1, -0.05) is 43.3 Å². The highest BCUT2D eigenvalue weighted by molar-refractivity contribution is 5.89. The van der Waals surface area contributed by atoms with E-state index in [1.54, 1.807) is 19.1 Å². The number of pyridine rings is 1. The number of nitrogens with one attached hydrogen (secondary N) is 1. The molecule has 38 heavy (non-hydrogen) atoms. The number of ether oxygens (including phenoxy) is 1. The summed E-state index contributed by atoms with van der Waals surface area (Å²) in [5.41, 5.74) is 2.69. The van der Waals surface area contributed by atoms with Crippen LogP contribution in [0.15, 0.2) is 79.0 Å². The van der Waals surface area contributed by atoms with Gasteiger partial charge < -0.3 is 15.2 Å². The summed E-state index contributed by atoms with van der Waals surface area (Å²) in [5, 5.41) is 12.4. The molecule has 2 N–H and O–H groups in total. The van der Waals surface area contributed by atoms with E-state index in [0.29, 0.717) is 35.7 Å². The summed E-state index contributed by atoms with van der Waals surface area (Å²) in [5.74, 6) is -0.922. The number of rotatable bonds is 9. The number of carboxylic acid groups (broad SMARTS) is 1. The number of hydrogen-bond donors (Lipinski definition) is 2. The van der Waals surface area contributed by atoms with Crippen molar-refractivity contribution in [3.63, 3.8) is 0 Å². The second-order valence-corrected chi connectivity index (χ2v) is 8.56. The number of aryl methyl sites for hydroxylation is 1. The van der Waals surface area contributed by atoms with E-state index in [-0.39, 0.29) is 12.2 Å². The van der Waals surface area contributed by atoms with Gasteiger partial charge in [-0.15, -0.1) is 0 Å². The van der Waals surface area contributed by atoms with Crippen molar-refractivity contribution in [3.8, 4) is 16.9 Å². The average Bonchev–Trinajstić information content (AvgIpc) is 2.91. The first-order valence-electron chi connectivity index (χ1n) is 11.8. The van der Waals surface area contributed by atoms with E-state index < -0.39 is 23.5 Å². The molecule has 4 rings (SSSR count). The zero-order chi connectivity index (χ0) is 27.3. The molecule has 0 amide bonds. The number of halogens is 4. The number of aromatic nitrogens is 1. The molecule has 0 unspecified atom stereocenters. The zero-order valence-electron chi connectivity index (χ0n) is 20.3. The van der Waals surface area contributed by atoms with Gasteiger partial charge >= 0.3 is 12.1 Å². The minimum Gasteiger partial charge on any atom is -0.489 e. The Kier molecular flexibility index (Phi) is 7.95. The molecule has 0 aliphatic carbocycles. The Morgan fingerprint density at radius 3 is 2.42 bits per heavy atom. The van der Waals surface area contributed by atoms with Crippen molar-refractivity contribution in [2.75, 3.05) is 5.32 Å². The number of aromatic carboxylic acids is 1. The molecule has 3 aromatic carbocycles. The number of benzene rings is 3. The number of carboxylic acids is 1. The fourth-order valence-corrected chi connectivity index (χ4v) is 3.92. The molecule has 0 spiro atoms. The Morgan fingerprint density at radius 2 is 1.74 bits per heavy atom. The number of nitrogens with zero attached hydrogens (tertiary/aromatic N) is 1. The number of hydrogen-bond acceptors (Lipinski definition) is 4. The first-order chi connectivity index (χ1) is 18.1. The average molecular weight is 525 g/mol. The van der Waals surface area contributed by atoms with Gasteiger partial charge in [0, 0.05) is 18.3 Å². The smallest absolute Gasteiger partial charge is 0.417 e. The Bertz CT molecular complexity index is 1440. The largest absolute Gasteiger partial charge is 0.489 e. The van der Waals surface area contributed by atoms with E-state index in [9.17, 15) is 27.5 Å². The molecule has 0 saturated heterocycles. The topological polar surface area (TPSA) is 71.5 Å². The van der Waals surface area contributed by atoms with E-state index >= 15 is 0 Å². The molecule has 0 fully saturated rings. The molecule has 0 aliphatic rings. The third kappa shape index (κ3) is 6.47. The van der Waals surface area contributed by atoms with Gasteiger partial charge in [-0.3, -0.25) is 0 Å². The van der Waals surface area contributed by atoms with Gasteiger partial charge in [0.1, 0.15) is 24.0 Å². The third-order valence-electron chi connectivity index (χ3n) is 5.95. The standard InChI is InChI=1S/C29H24F4N2O3/c1-2-19-13-23(29(31,32)33)16-35-27(19)34-15-18-4-3-5-21(12-18)20-7-10-25(11-8-20)38-17-22-6-9-24(30)14-26(22)28(36)37/h3-14,16H,2,15,17H2,1H3,(H,34,35)(H,36,37). The summed E-state index contributed by atoms with van der Waals surface area (Å²) < 4.78 is 58.1. The Labute approximate surface area is 216 Å². The van der Waals surface area contributed by atoms with Gasteiger partial charge in [-0.25, -0.2) is 14.2 Å². The third-order valence-corrected chi connectivity index (χ3v) is 5.95. The summed E-state index contributed by atoms with van der Waals surface area (Å²) >= 11 is 0. The maximum absolute atomic E-state index is 13.4. The van der Waals surface area contributed by atoms with Crippen LogP contribution in [-0.2, 0) is 25.7 Å². The van der Waals surface area contributed by atoms with Crippen molar-refractivity contribution in [1.29, 1.82) is 0 Å². The molecule has 0 radical (unpaired) electrons. The van der Waals surface area contributed by atoms with E-state index in [2.05, 4.69) is 10.3 Å². The normalized spacial score (nSPS) is 11.3. The summed E-state index contributed by atoms with van der Waals surface area (Å²) in [6.07, 6.45) is -3.20. The highest BCUT2D eigenvalue weighted by atomic mass is 19.4. The van der Waals surface area contributed by atoms with Crippen molar-refractivity contribution in [2.24, 2.45) is 0 Å². The quantitative estimate of drug-likeness (QED) is 0.224. The number of anilines is 1. The lowest BCUT2D eigenvalue weighted by atomic mass is 10.0. The van der Waals surface area contributed by atoms with Crippen LogP contribution in [0.4, 0.5) is 23.4 Å². The molecule has 4 aromatic rings. The highest BCUT2D eigenvalue weighted by Gasteiger charge is 2.31. The Morgan fingerprint density at radius 1 is 0.974 bits per heavy atom. The van der Waals surface area contributed by atoms with Crippen LogP contribution in [0.2, 0.25) is 0 Å². The van der Waals surface area contributed by atoms with Crippen molar-refractivity contribution in [1.82, 2.24) is 4.98 Å². The number of alkyl halides is 3. The van der Waals surface area contributed by atoms with Crippen LogP contribution in [0.5, 0.6) is 5.75 Å². The molecule has 0 aliphatic heterocycles. The van der Waals surface area contributed by atoms with Crippen LogP contribution < -0.4 is 10.1 Å². The molecular weight excluding hydrogens is 500 g/mol. The predicted molar refractivity (Wildman–Crippen MR) is 136 cm³/mol. The molecule has 196 valence electrons. The van der Waals surface area contributed by atoms with E-state index in [4.69, 9.17) is 4.74 Å². The maximum Gasteiger partial charge on any atom is 0.417 e. The van der Waals surface area contributed by atoms with Crippen LogP contribution in [0.3, 0.4) is 0 Å². The lowest BCUT2D eigenvalue weighted by Crippen LogP contribution is -2.10. The van der Waals surface area contributed by atoms with Crippen LogP contribution in [0.25, 0.3) is 11.1 Å². The van der Waals surface area contributed by atoms with Crippen LogP contribution in [0, 0.1) is 5.82 Å². The monoisotopic (exact) mass is 524 g/mol. The summed E-state index contributed by atoms with van der Waals surface area (Å²) in [6, 6.07) is 19.6. The van der Waals surface area contributed by atoms with Crippen molar-refractivity contribution >= 4 is 11.8 Å². The minimum atomic E-state index is -4.44. The first-order valence-corrected chi connectivity index (χ1v) is 11.8. The summed E-state index contributed by atoms with van der Waals surface area (Å²) in [6.45, 7) is 2.13. The van der Waals surface area contributed by atoms with Gasteiger partial charge in [0.05, 0.1) is 11.1 Å². The number of carbonyl (C=O) groups is 1. The van der Waals surface area contributed by atoms with Crippen molar-refractivity contribution < 1.29 is 32.2 Å². The second kappa shape index (κ2) is 11.3. The van der Waals surface area contributed by atoms with E-state index in [1.165, 1.54) is 12.1 Å². The van der Waals surface area contributed by atoms with Crippen LogP contribution in [-0.4, -0.2) is 16.1 Å². The highest BCUT2D eigenvalue weighted by Crippen LogP contribution is 2.31. The van der Waals surface area contributed by atoms with Gasteiger partial charge in [0.2, 0.25) is 0 Å². The molecule has 1 aromatic heterocycles. The predicted octanol–water partition coefficient (Wildman–Crippen LogP) is 7.36. The Hall–Kier alpha value is -4.40. The van der Waals surface area contributed by atoms with Gasteiger partial charge in [-0.2, -0.15) is 13.2 Å².